The molecule has 1 aliphatic rings. The molecule has 26 heavy (non-hydrogen) atoms. The van der Waals surface area contributed by atoms with E-state index in [-0.39, 0.29) is 38.6 Å². The largest absolute Gasteiger partial charge is 0.462 e. The van der Waals surface area contributed by atoms with Crippen molar-refractivity contribution in [3.8, 4) is 0 Å². The highest BCUT2D eigenvalue weighted by molar-refractivity contribution is 6.38. The van der Waals surface area contributed by atoms with Crippen molar-refractivity contribution < 1.29 is 13.9 Å². The minimum Gasteiger partial charge on any atom is -0.462 e. The lowest BCUT2D eigenvalue weighted by Gasteiger charge is -2.01. The van der Waals surface area contributed by atoms with Crippen LogP contribution in [0.5, 0.6) is 0 Å². The topological polar surface area (TPSA) is 68.9 Å². The Hall–Kier alpha value is -2.89. The molecule has 0 fully saturated rings. The molecule has 0 aliphatic carbocycles. The molecule has 0 atom stereocenters. The van der Waals surface area contributed by atoms with Gasteiger partial charge in [0.1, 0.15) is 6.26 Å². The number of ether oxygens (including phenoxy) is 1. The van der Waals surface area contributed by atoms with Crippen LogP contribution in [0.15, 0.2) is 68.6 Å². The van der Waals surface area contributed by atoms with E-state index in [0.717, 1.165) is 0 Å². The molecule has 0 N–H and O–H groups in total. The molecule has 0 bridgehead atoms. The fourth-order valence-corrected chi connectivity index (χ4v) is 3.08. The number of hydrogen-bond donors (Lipinski definition) is 0. The van der Waals surface area contributed by atoms with Gasteiger partial charge in [0, 0.05) is 10.6 Å². The molecule has 5 nitrogen and oxygen atoms in total. The Morgan fingerprint density at radius 3 is 2.58 bits per heavy atom. The highest BCUT2D eigenvalue weighted by atomic mass is 35.5. The molecule has 7 heteroatoms. The zero-order valence-electron chi connectivity index (χ0n) is 13.0. The number of halogens is 2. The number of rotatable bonds is 2. The van der Waals surface area contributed by atoms with Gasteiger partial charge in [0.05, 0.1) is 16.0 Å². The van der Waals surface area contributed by atoms with Crippen molar-refractivity contribution in [1.82, 2.24) is 0 Å². The first-order chi connectivity index (χ1) is 12.5. The van der Waals surface area contributed by atoms with E-state index in [2.05, 4.69) is 4.99 Å². The summed E-state index contributed by atoms with van der Waals surface area (Å²) in [6, 6.07) is 11.9. The predicted molar refractivity (Wildman–Crippen MR) is 99.6 cm³/mol. The Bertz CT molecular complexity index is 1160. The smallest absolute Gasteiger partial charge is 0.363 e. The van der Waals surface area contributed by atoms with Gasteiger partial charge in [-0.3, -0.25) is 4.79 Å². The summed E-state index contributed by atoms with van der Waals surface area (Å²) in [5, 5.41) is 0.758. The number of hydrogen-bond acceptors (Lipinski definition) is 5. The molecule has 4 rings (SSSR count). The number of fused-ring (bicyclic) bond motifs is 1. The zero-order chi connectivity index (χ0) is 18.3. The third-order valence-electron chi connectivity index (χ3n) is 3.75. The molecular formula is C19H9Cl2NO4. The van der Waals surface area contributed by atoms with Crippen molar-refractivity contribution in [2.45, 2.75) is 0 Å². The fraction of sp³-hybridized carbons (Fsp3) is 0. The molecule has 0 saturated carbocycles. The maximum absolute atomic E-state index is 12.7. The number of aliphatic imine (C=N–C) groups is 1. The van der Waals surface area contributed by atoms with Crippen molar-refractivity contribution in [1.29, 1.82) is 0 Å². The highest BCUT2D eigenvalue weighted by Gasteiger charge is 2.24. The molecule has 0 saturated heterocycles. The summed E-state index contributed by atoms with van der Waals surface area (Å²) in [6.45, 7) is 0. The van der Waals surface area contributed by atoms with Crippen molar-refractivity contribution in [3.63, 3.8) is 0 Å². The molecule has 1 aliphatic heterocycles. The highest BCUT2D eigenvalue weighted by Crippen LogP contribution is 2.27. The van der Waals surface area contributed by atoms with E-state index in [1.165, 1.54) is 24.5 Å². The van der Waals surface area contributed by atoms with Gasteiger partial charge in [-0.1, -0.05) is 41.4 Å². The monoisotopic (exact) mass is 385 g/mol. The van der Waals surface area contributed by atoms with Crippen LogP contribution in [0.3, 0.4) is 0 Å². The molecular weight excluding hydrogens is 377 g/mol. The Labute approximate surface area is 157 Å². The molecule has 3 aromatic rings. The average Bonchev–Trinajstić information content (AvgIpc) is 2.99. The van der Waals surface area contributed by atoms with Gasteiger partial charge in [0.25, 0.3) is 0 Å². The van der Waals surface area contributed by atoms with Crippen LogP contribution in [0, 0.1) is 0 Å². The first-order valence-corrected chi connectivity index (χ1v) is 8.27. The number of carbonyl (C=O) groups excluding carboxylic acids is 1. The van der Waals surface area contributed by atoms with Crippen LogP contribution in [-0.2, 0) is 9.53 Å². The summed E-state index contributed by atoms with van der Waals surface area (Å²) in [6.07, 6.45) is 2.54. The van der Waals surface area contributed by atoms with Crippen molar-refractivity contribution in [2.24, 2.45) is 4.99 Å². The number of esters is 1. The van der Waals surface area contributed by atoms with Gasteiger partial charge >= 0.3 is 5.97 Å². The van der Waals surface area contributed by atoms with E-state index in [1.807, 2.05) is 6.07 Å². The van der Waals surface area contributed by atoms with Crippen molar-refractivity contribution in [3.05, 3.63) is 85.8 Å². The van der Waals surface area contributed by atoms with Crippen LogP contribution in [0.4, 0.5) is 0 Å². The summed E-state index contributed by atoms with van der Waals surface area (Å²) >= 11 is 12.0. The Morgan fingerprint density at radius 1 is 1.04 bits per heavy atom. The third-order valence-corrected chi connectivity index (χ3v) is 4.25. The van der Waals surface area contributed by atoms with Gasteiger partial charge in [-0.05, 0) is 30.3 Å². The maximum atomic E-state index is 12.7. The average molecular weight is 386 g/mol. The van der Waals surface area contributed by atoms with Gasteiger partial charge in [0.2, 0.25) is 5.90 Å². The van der Waals surface area contributed by atoms with E-state index >= 15 is 0 Å². The summed E-state index contributed by atoms with van der Waals surface area (Å²) < 4.78 is 10.6. The second kappa shape index (κ2) is 6.44. The van der Waals surface area contributed by atoms with Crippen LogP contribution in [0.25, 0.3) is 17.0 Å². The SMILES string of the molecule is O=C1OC(c2ccccc2)=NC1=Cc1coc2c(Cl)cc(Cl)cc2c1=O. The van der Waals surface area contributed by atoms with E-state index in [1.54, 1.807) is 24.3 Å². The lowest BCUT2D eigenvalue weighted by atomic mass is 10.1. The molecule has 0 unspecified atom stereocenters. The second-order valence-corrected chi connectivity index (χ2v) is 6.33. The first-order valence-electron chi connectivity index (χ1n) is 7.51. The van der Waals surface area contributed by atoms with Gasteiger partial charge in [0.15, 0.2) is 16.7 Å². The third kappa shape index (κ3) is 2.92. The summed E-state index contributed by atoms with van der Waals surface area (Å²) in [4.78, 5) is 28.9. The van der Waals surface area contributed by atoms with E-state index in [4.69, 9.17) is 32.4 Å². The molecule has 0 radical (unpaired) electrons. The number of benzene rings is 2. The minimum absolute atomic E-state index is 0.00336. The van der Waals surface area contributed by atoms with Crippen LogP contribution in [-0.4, -0.2) is 11.9 Å². The van der Waals surface area contributed by atoms with E-state index < -0.39 is 5.97 Å². The second-order valence-electron chi connectivity index (χ2n) is 5.49. The summed E-state index contributed by atoms with van der Waals surface area (Å²) in [5.74, 6) is -0.467. The van der Waals surface area contributed by atoms with Crippen LogP contribution < -0.4 is 5.43 Å². The van der Waals surface area contributed by atoms with Crippen molar-refractivity contribution >= 4 is 52.1 Å². The fourth-order valence-electron chi connectivity index (χ4n) is 2.54. The van der Waals surface area contributed by atoms with Gasteiger partial charge < -0.3 is 9.15 Å². The Balaban J connectivity index is 1.81. The number of nitrogens with zero attached hydrogens (tertiary/aromatic N) is 1. The summed E-state index contributed by atoms with van der Waals surface area (Å²) in [7, 11) is 0. The lowest BCUT2D eigenvalue weighted by molar-refractivity contribution is -0.129. The molecule has 0 amide bonds. The molecule has 2 heterocycles. The zero-order valence-corrected chi connectivity index (χ0v) is 14.5. The van der Waals surface area contributed by atoms with Crippen LogP contribution in [0.2, 0.25) is 10.0 Å². The van der Waals surface area contributed by atoms with Gasteiger partial charge in [-0.15, -0.1) is 0 Å². The van der Waals surface area contributed by atoms with Gasteiger partial charge in [-0.25, -0.2) is 9.79 Å². The number of carbonyl (C=O) groups is 1. The van der Waals surface area contributed by atoms with Crippen molar-refractivity contribution in [2.75, 3.05) is 0 Å². The molecule has 2 aromatic carbocycles. The minimum atomic E-state index is -0.646. The standard InChI is InChI=1S/C19H9Cl2NO4/c20-12-7-13-16(23)11(9-25-17(13)14(21)8-12)6-15-19(24)26-18(22-15)10-4-2-1-3-5-10/h1-9H. The summed E-state index contributed by atoms with van der Waals surface area (Å²) in [5.41, 5.74) is 0.655. The predicted octanol–water partition coefficient (Wildman–Crippen LogP) is 4.44. The van der Waals surface area contributed by atoms with Crippen LogP contribution >= 0.6 is 23.2 Å². The normalized spacial score (nSPS) is 15.4. The lowest BCUT2D eigenvalue weighted by Crippen LogP contribution is -2.07. The van der Waals surface area contributed by atoms with E-state index in [0.29, 0.717) is 10.6 Å². The Morgan fingerprint density at radius 2 is 1.81 bits per heavy atom. The number of cyclic esters (lactones) is 1. The quantitative estimate of drug-likeness (QED) is 0.482. The first kappa shape index (κ1) is 16.6. The van der Waals surface area contributed by atoms with Gasteiger partial charge in [-0.2, -0.15) is 0 Å². The molecule has 1 aromatic heterocycles. The Kier molecular flexibility index (Phi) is 4.11. The van der Waals surface area contributed by atoms with E-state index in [9.17, 15) is 9.59 Å². The molecule has 128 valence electrons. The van der Waals surface area contributed by atoms with Crippen LogP contribution in [0.1, 0.15) is 11.1 Å². The molecule has 0 spiro atoms. The maximum Gasteiger partial charge on any atom is 0.363 e.